The van der Waals surface area contributed by atoms with Crippen LogP contribution >= 0.6 is 11.3 Å². The van der Waals surface area contributed by atoms with Gasteiger partial charge < -0.3 is 5.32 Å². The Hall–Kier alpha value is -2.40. The van der Waals surface area contributed by atoms with Gasteiger partial charge in [-0.3, -0.25) is 4.79 Å². The van der Waals surface area contributed by atoms with Gasteiger partial charge in [-0.25, -0.2) is 4.68 Å². The number of aromatic nitrogens is 2. The summed E-state index contributed by atoms with van der Waals surface area (Å²) in [5.41, 5.74) is 3.70. The van der Waals surface area contributed by atoms with E-state index in [1.165, 1.54) is 22.5 Å². The fourth-order valence-electron chi connectivity index (χ4n) is 3.55. The second kappa shape index (κ2) is 6.48. The van der Waals surface area contributed by atoms with Crippen LogP contribution in [0.3, 0.4) is 0 Å². The monoisotopic (exact) mass is 351 g/mol. The molecule has 0 bridgehead atoms. The van der Waals surface area contributed by atoms with E-state index in [9.17, 15) is 4.79 Å². The van der Waals surface area contributed by atoms with E-state index in [-0.39, 0.29) is 11.9 Å². The first-order chi connectivity index (χ1) is 12.1. The number of hydrogen-bond donors (Lipinski definition) is 1. The van der Waals surface area contributed by atoms with Gasteiger partial charge >= 0.3 is 0 Å². The third-order valence-electron chi connectivity index (χ3n) is 4.81. The molecule has 0 radical (unpaired) electrons. The van der Waals surface area contributed by atoms with Gasteiger partial charge in [0.25, 0.3) is 5.91 Å². The molecule has 1 aliphatic rings. The number of nitrogens with zero attached hydrogens (tertiary/aromatic N) is 2. The molecule has 128 valence electrons. The number of carbonyl (C=O) groups excluding carboxylic acids is 1. The van der Waals surface area contributed by atoms with Gasteiger partial charge in [0.2, 0.25) is 0 Å². The van der Waals surface area contributed by atoms with Gasteiger partial charge in [0.15, 0.2) is 0 Å². The second-order valence-corrected chi connectivity index (χ2v) is 7.88. The Labute approximate surface area is 151 Å². The highest BCUT2D eigenvalue weighted by atomic mass is 32.1. The lowest BCUT2D eigenvalue weighted by molar-refractivity contribution is 0.102. The molecule has 4 nitrogen and oxygen atoms in total. The minimum Gasteiger partial charge on any atom is -0.306 e. The lowest BCUT2D eigenvalue weighted by Crippen LogP contribution is -2.22. The Morgan fingerprint density at radius 2 is 2.08 bits per heavy atom. The van der Waals surface area contributed by atoms with Crippen LogP contribution in [0.1, 0.15) is 50.1 Å². The van der Waals surface area contributed by atoms with Crippen molar-refractivity contribution >= 4 is 23.1 Å². The van der Waals surface area contributed by atoms with Crippen molar-refractivity contribution in [1.82, 2.24) is 9.78 Å². The maximum Gasteiger partial charge on any atom is 0.266 e. The van der Waals surface area contributed by atoms with Crippen molar-refractivity contribution < 1.29 is 4.79 Å². The third-order valence-corrected chi connectivity index (χ3v) is 5.81. The highest BCUT2D eigenvalue weighted by Crippen LogP contribution is 2.35. The summed E-state index contributed by atoms with van der Waals surface area (Å²) in [6.45, 7) is 4.00. The van der Waals surface area contributed by atoms with E-state index < -0.39 is 0 Å². The van der Waals surface area contributed by atoms with Crippen LogP contribution in [0, 0.1) is 13.8 Å². The number of amides is 1. The number of carbonyl (C=O) groups is 1. The summed E-state index contributed by atoms with van der Waals surface area (Å²) in [6.07, 6.45) is 5.13. The van der Waals surface area contributed by atoms with Gasteiger partial charge in [0.05, 0.1) is 17.1 Å². The van der Waals surface area contributed by atoms with Crippen LogP contribution in [-0.4, -0.2) is 15.7 Å². The molecule has 1 aromatic carbocycles. The Morgan fingerprint density at radius 3 is 2.88 bits per heavy atom. The van der Waals surface area contributed by atoms with Gasteiger partial charge in [-0.15, -0.1) is 11.3 Å². The van der Waals surface area contributed by atoms with E-state index in [1.54, 1.807) is 0 Å². The predicted molar refractivity (Wildman–Crippen MR) is 101 cm³/mol. The summed E-state index contributed by atoms with van der Waals surface area (Å²) in [7, 11) is 0. The van der Waals surface area contributed by atoms with Crippen LogP contribution in [0.4, 0.5) is 5.82 Å². The number of rotatable bonds is 3. The molecule has 2 heterocycles. The molecule has 0 spiro atoms. The lowest BCUT2D eigenvalue weighted by atomic mass is 9.88. The maximum absolute atomic E-state index is 12.6. The highest BCUT2D eigenvalue weighted by molar-refractivity contribution is 7.14. The zero-order valence-corrected chi connectivity index (χ0v) is 15.3. The fraction of sp³-hybridized carbons (Fsp3) is 0.300. The van der Waals surface area contributed by atoms with E-state index >= 15 is 0 Å². The summed E-state index contributed by atoms with van der Waals surface area (Å²) in [6, 6.07) is 12.6. The quantitative estimate of drug-likeness (QED) is 0.741. The van der Waals surface area contributed by atoms with Crippen molar-refractivity contribution in [2.75, 3.05) is 5.32 Å². The summed E-state index contributed by atoms with van der Waals surface area (Å²) >= 11 is 1.51. The average molecular weight is 351 g/mol. The van der Waals surface area contributed by atoms with E-state index in [2.05, 4.69) is 34.7 Å². The predicted octanol–water partition coefficient (Wildman–Crippen LogP) is 4.74. The first kappa shape index (κ1) is 16.1. The zero-order valence-electron chi connectivity index (χ0n) is 14.5. The van der Waals surface area contributed by atoms with Gasteiger partial charge in [0.1, 0.15) is 5.82 Å². The van der Waals surface area contributed by atoms with E-state index in [0.717, 1.165) is 40.4 Å². The lowest BCUT2D eigenvalue weighted by Gasteiger charge is -2.27. The minimum absolute atomic E-state index is 0.0629. The number of nitrogens with one attached hydrogen (secondary N) is 1. The first-order valence-corrected chi connectivity index (χ1v) is 9.45. The standard InChI is InChI=1S/C20H21N3OS/c1-13-12-21-23(17-9-5-7-15-6-3-4-8-16(15)17)19(13)22-20(24)18-11-10-14(2)25-18/h3-4,6,8,10-12,17H,5,7,9H2,1-2H3,(H,22,24). The van der Waals surface area contributed by atoms with E-state index in [1.807, 2.05) is 36.9 Å². The van der Waals surface area contributed by atoms with Crippen LogP contribution in [0.25, 0.3) is 0 Å². The molecule has 0 saturated heterocycles. The Morgan fingerprint density at radius 1 is 1.24 bits per heavy atom. The minimum atomic E-state index is -0.0629. The summed E-state index contributed by atoms with van der Waals surface area (Å²) in [5.74, 6) is 0.741. The molecule has 1 atom stereocenters. The maximum atomic E-state index is 12.6. The number of thiophene rings is 1. The molecule has 1 amide bonds. The van der Waals surface area contributed by atoms with E-state index in [4.69, 9.17) is 0 Å². The molecule has 2 aromatic heterocycles. The van der Waals surface area contributed by atoms with Crippen molar-refractivity contribution in [1.29, 1.82) is 0 Å². The van der Waals surface area contributed by atoms with Gasteiger partial charge in [-0.2, -0.15) is 5.10 Å². The third kappa shape index (κ3) is 3.00. The van der Waals surface area contributed by atoms with Gasteiger partial charge in [-0.1, -0.05) is 24.3 Å². The number of anilines is 1. The SMILES string of the molecule is Cc1ccc(C(=O)Nc2c(C)cnn2C2CCCc3ccccc32)s1. The topological polar surface area (TPSA) is 46.9 Å². The van der Waals surface area contributed by atoms with Crippen molar-refractivity contribution in [2.45, 2.75) is 39.2 Å². The van der Waals surface area contributed by atoms with Crippen molar-refractivity contribution in [2.24, 2.45) is 0 Å². The summed E-state index contributed by atoms with van der Waals surface area (Å²) in [5, 5.41) is 7.68. The molecule has 3 aromatic rings. The Bertz CT molecular complexity index is 925. The van der Waals surface area contributed by atoms with Crippen LogP contribution < -0.4 is 5.32 Å². The molecule has 0 aliphatic heterocycles. The zero-order chi connectivity index (χ0) is 17.4. The van der Waals surface area contributed by atoms with Crippen LogP contribution in [0.5, 0.6) is 0 Å². The van der Waals surface area contributed by atoms with E-state index in [0.29, 0.717) is 0 Å². The van der Waals surface area contributed by atoms with Crippen molar-refractivity contribution in [3.8, 4) is 0 Å². The first-order valence-electron chi connectivity index (χ1n) is 8.63. The highest BCUT2D eigenvalue weighted by Gasteiger charge is 2.25. The molecule has 4 rings (SSSR count). The molecule has 1 aliphatic carbocycles. The molecule has 1 N–H and O–H groups in total. The molecular formula is C20H21N3OS. The van der Waals surface area contributed by atoms with Crippen molar-refractivity contribution in [3.63, 3.8) is 0 Å². The molecular weight excluding hydrogens is 330 g/mol. The Balaban J connectivity index is 1.68. The molecule has 25 heavy (non-hydrogen) atoms. The van der Waals surface area contributed by atoms with Crippen LogP contribution in [-0.2, 0) is 6.42 Å². The van der Waals surface area contributed by atoms with Crippen LogP contribution in [0.15, 0.2) is 42.6 Å². The molecule has 1 unspecified atom stereocenters. The summed E-state index contributed by atoms with van der Waals surface area (Å²) < 4.78 is 1.99. The van der Waals surface area contributed by atoms with Gasteiger partial charge in [-0.05, 0) is 56.4 Å². The fourth-order valence-corrected chi connectivity index (χ4v) is 4.31. The second-order valence-electron chi connectivity index (χ2n) is 6.59. The normalized spacial score (nSPS) is 16.5. The molecule has 5 heteroatoms. The van der Waals surface area contributed by atoms with Gasteiger partial charge in [0, 0.05) is 10.4 Å². The summed E-state index contributed by atoms with van der Waals surface area (Å²) in [4.78, 5) is 14.5. The molecule has 0 saturated carbocycles. The Kier molecular flexibility index (Phi) is 4.17. The number of hydrogen-bond acceptors (Lipinski definition) is 3. The van der Waals surface area contributed by atoms with Crippen LogP contribution in [0.2, 0.25) is 0 Å². The average Bonchev–Trinajstić information content (AvgIpc) is 3.21. The number of benzene rings is 1. The number of fused-ring (bicyclic) bond motifs is 1. The molecule has 0 fully saturated rings. The smallest absolute Gasteiger partial charge is 0.266 e. The van der Waals surface area contributed by atoms with Crippen molar-refractivity contribution in [3.05, 3.63) is 69.0 Å². The largest absolute Gasteiger partial charge is 0.306 e. The number of aryl methyl sites for hydroxylation is 3.